The monoisotopic (exact) mass is 233 g/mol. The van der Waals surface area contributed by atoms with Crippen molar-refractivity contribution in [2.24, 2.45) is 0 Å². The summed E-state index contributed by atoms with van der Waals surface area (Å²) in [6, 6.07) is 0.256. The summed E-state index contributed by atoms with van der Waals surface area (Å²) in [5.74, 6) is 0.421. The molecule has 1 aliphatic rings. The van der Waals surface area contributed by atoms with Crippen LogP contribution in [0.5, 0.6) is 0 Å². The summed E-state index contributed by atoms with van der Waals surface area (Å²) in [6.45, 7) is 2.35. The SMILES string of the molecule is Cc1[nH]c(CC2CCCN2)nc1C(F)(F)F. The second-order valence-corrected chi connectivity index (χ2v) is 4.15. The average Bonchev–Trinajstić information content (AvgIpc) is 2.74. The number of rotatable bonds is 2. The summed E-state index contributed by atoms with van der Waals surface area (Å²) >= 11 is 0. The molecule has 2 heterocycles. The number of hydrogen-bond donors (Lipinski definition) is 2. The Morgan fingerprint density at radius 1 is 1.44 bits per heavy atom. The maximum absolute atomic E-state index is 12.5. The predicted molar refractivity (Wildman–Crippen MR) is 53.1 cm³/mol. The van der Waals surface area contributed by atoms with E-state index in [9.17, 15) is 13.2 Å². The number of nitrogens with one attached hydrogen (secondary N) is 2. The first-order chi connectivity index (χ1) is 7.47. The number of aromatic amines is 1. The van der Waals surface area contributed by atoms with Gasteiger partial charge in [-0.25, -0.2) is 4.98 Å². The van der Waals surface area contributed by atoms with Crippen LogP contribution in [0.2, 0.25) is 0 Å². The zero-order valence-corrected chi connectivity index (χ0v) is 8.99. The zero-order chi connectivity index (χ0) is 11.8. The molecule has 3 nitrogen and oxygen atoms in total. The minimum absolute atomic E-state index is 0.0977. The molecule has 0 spiro atoms. The van der Waals surface area contributed by atoms with Crippen LogP contribution >= 0.6 is 0 Å². The van der Waals surface area contributed by atoms with Crippen LogP contribution in [-0.2, 0) is 12.6 Å². The Balaban J connectivity index is 2.11. The van der Waals surface area contributed by atoms with Crippen molar-refractivity contribution in [3.63, 3.8) is 0 Å². The molecule has 0 amide bonds. The normalized spacial score (nSPS) is 21.6. The third-order valence-electron chi connectivity index (χ3n) is 2.80. The van der Waals surface area contributed by atoms with Crippen LogP contribution in [0.1, 0.15) is 30.1 Å². The number of H-pyrrole nitrogens is 1. The van der Waals surface area contributed by atoms with E-state index in [-0.39, 0.29) is 11.7 Å². The van der Waals surface area contributed by atoms with E-state index in [1.54, 1.807) is 0 Å². The summed E-state index contributed by atoms with van der Waals surface area (Å²) in [5.41, 5.74) is -0.694. The van der Waals surface area contributed by atoms with Gasteiger partial charge in [-0.05, 0) is 26.3 Å². The van der Waals surface area contributed by atoms with E-state index < -0.39 is 11.9 Å². The minimum atomic E-state index is -4.36. The van der Waals surface area contributed by atoms with Crippen molar-refractivity contribution in [3.05, 3.63) is 17.2 Å². The van der Waals surface area contributed by atoms with Crippen LogP contribution in [0.25, 0.3) is 0 Å². The molecule has 1 aromatic rings. The van der Waals surface area contributed by atoms with Crippen molar-refractivity contribution < 1.29 is 13.2 Å². The molecule has 16 heavy (non-hydrogen) atoms. The fraction of sp³-hybridized carbons (Fsp3) is 0.700. The van der Waals surface area contributed by atoms with Gasteiger partial charge in [-0.2, -0.15) is 13.2 Å². The van der Waals surface area contributed by atoms with Crippen molar-refractivity contribution >= 4 is 0 Å². The Bertz CT molecular complexity index is 364. The molecule has 1 atom stereocenters. The lowest BCUT2D eigenvalue weighted by Crippen LogP contribution is -2.24. The quantitative estimate of drug-likeness (QED) is 0.820. The number of nitrogens with zero attached hydrogens (tertiary/aromatic N) is 1. The molecule has 1 aliphatic heterocycles. The molecular formula is C10H14F3N3. The van der Waals surface area contributed by atoms with Crippen molar-refractivity contribution in [1.29, 1.82) is 0 Å². The van der Waals surface area contributed by atoms with Crippen LogP contribution in [0.4, 0.5) is 13.2 Å². The highest BCUT2D eigenvalue weighted by Crippen LogP contribution is 2.30. The molecule has 1 unspecified atom stereocenters. The van der Waals surface area contributed by atoms with Crippen LogP contribution in [0.3, 0.4) is 0 Å². The molecular weight excluding hydrogens is 219 g/mol. The lowest BCUT2D eigenvalue weighted by molar-refractivity contribution is -0.141. The fourth-order valence-electron chi connectivity index (χ4n) is 2.06. The predicted octanol–water partition coefficient (Wildman–Crippen LogP) is 2.03. The molecule has 0 bridgehead atoms. The topological polar surface area (TPSA) is 40.7 Å². The summed E-state index contributed by atoms with van der Waals surface area (Å²) in [5, 5.41) is 3.23. The van der Waals surface area contributed by atoms with Gasteiger partial charge in [-0.1, -0.05) is 0 Å². The molecule has 6 heteroatoms. The molecule has 1 aromatic heterocycles. The van der Waals surface area contributed by atoms with Gasteiger partial charge in [0, 0.05) is 18.2 Å². The van der Waals surface area contributed by atoms with Crippen LogP contribution in [-0.4, -0.2) is 22.6 Å². The third-order valence-corrected chi connectivity index (χ3v) is 2.80. The molecule has 1 fully saturated rings. The lowest BCUT2D eigenvalue weighted by atomic mass is 10.1. The maximum Gasteiger partial charge on any atom is 0.435 e. The second-order valence-electron chi connectivity index (χ2n) is 4.15. The molecule has 90 valence electrons. The Kier molecular flexibility index (Phi) is 2.92. The summed E-state index contributed by atoms with van der Waals surface area (Å²) in [7, 11) is 0. The first-order valence-electron chi connectivity index (χ1n) is 5.33. The van der Waals surface area contributed by atoms with E-state index in [0.717, 1.165) is 19.4 Å². The van der Waals surface area contributed by atoms with Gasteiger partial charge in [-0.3, -0.25) is 0 Å². The highest BCUT2D eigenvalue weighted by Gasteiger charge is 2.36. The molecule has 0 saturated carbocycles. The highest BCUT2D eigenvalue weighted by atomic mass is 19.4. The number of aryl methyl sites for hydroxylation is 1. The molecule has 0 aliphatic carbocycles. The van der Waals surface area contributed by atoms with Crippen molar-refractivity contribution in [2.45, 2.75) is 38.4 Å². The van der Waals surface area contributed by atoms with Crippen LogP contribution in [0, 0.1) is 6.92 Å². The zero-order valence-electron chi connectivity index (χ0n) is 8.99. The van der Waals surface area contributed by atoms with Crippen molar-refractivity contribution in [2.75, 3.05) is 6.54 Å². The average molecular weight is 233 g/mol. The Labute approximate surface area is 91.5 Å². The minimum Gasteiger partial charge on any atom is -0.346 e. The number of alkyl halides is 3. The fourth-order valence-corrected chi connectivity index (χ4v) is 2.06. The van der Waals surface area contributed by atoms with Gasteiger partial charge < -0.3 is 10.3 Å². The van der Waals surface area contributed by atoms with E-state index in [1.807, 2.05) is 0 Å². The number of halogens is 3. The first kappa shape index (κ1) is 11.4. The summed E-state index contributed by atoms with van der Waals surface area (Å²) in [4.78, 5) is 6.33. The van der Waals surface area contributed by atoms with E-state index in [2.05, 4.69) is 15.3 Å². The molecule has 1 saturated heterocycles. The maximum atomic E-state index is 12.5. The third kappa shape index (κ3) is 2.37. The molecule has 0 aromatic carbocycles. The number of aromatic nitrogens is 2. The Hall–Kier alpha value is -1.04. The Morgan fingerprint density at radius 3 is 2.69 bits per heavy atom. The highest BCUT2D eigenvalue weighted by molar-refractivity contribution is 5.16. The van der Waals surface area contributed by atoms with Gasteiger partial charge in [0.15, 0.2) is 5.69 Å². The van der Waals surface area contributed by atoms with Crippen LogP contribution in [0.15, 0.2) is 0 Å². The van der Waals surface area contributed by atoms with Gasteiger partial charge in [0.05, 0.1) is 0 Å². The van der Waals surface area contributed by atoms with Gasteiger partial charge in [0.25, 0.3) is 0 Å². The first-order valence-corrected chi connectivity index (χ1v) is 5.33. The summed E-state index contributed by atoms with van der Waals surface area (Å²) < 4.78 is 37.4. The summed E-state index contributed by atoms with van der Waals surface area (Å²) in [6.07, 6.45) is -1.74. The smallest absolute Gasteiger partial charge is 0.346 e. The van der Waals surface area contributed by atoms with Gasteiger partial charge in [0.1, 0.15) is 5.82 Å². The molecule has 2 rings (SSSR count). The molecule has 0 radical (unpaired) electrons. The number of hydrogen-bond acceptors (Lipinski definition) is 2. The lowest BCUT2D eigenvalue weighted by Gasteiger charge is -2.06. The van der Waals surface area contributed by atoms with Gasteiger partial charge in [0.2, 0.25) is 0 Å². The largest absolute Gasteiger partial charge is 0.435 e. The van der Waals surface area contributed by atoms with Gasteiger partial charge in [-0.15, -0.1) is 0 Å². The van der Waals surface area contributed by atoms with E-state index >= 15 is 0 Å². The van der Waals surface area contributed by atoms with E-state index in [4.69, 9.17) is 0 Å². The van der Waals surface area contributed by atoms with Crippen molar-refractivity contribution in [3.8, 4) is 0 Å². The van der Waals surface area contributed by atoms with Crippen LogP contribution < -0.4 is 5.32 Å². The second kappa shape index (κ2) is 4.08. The van der Waals surface area contributed by atoms with Crippen molar-refractivity contribution in [1.82, 2.24) is 15.3 Å². The number of imidazole rings is 1. The van der Waals surface area contributed by atoms with E-state index in [1.165, 1.54) is 6.92 Å². The van der Waals surface area contributed by atoms with E-state index in [0.29, 0.717) is 12.2 Å². The van der Waals surface area contributed by atoms with Gasteiger partial charge >= 0.3 is 6.18 Å². The molecule has 2 N–H and O–H groups in total. The Morgan fingerprint density at radius 2 is 2.19 bits per heavy atom. The standard InChI is InChI=1S/C10H14F3N3/c1-6-9(10(11,12)13)16-8(15-6)5-7-3-2-4-14-7/h7,14H,2-5H2,1H3,(H,15,16).